The van der Waals surface area contributed by atoms with Crippen LogP contribution in [-0.4, -0.2) is 22.9 Å². The van der Waals surface area contributed by atoms with Crippen molar-refractivity contribution in [1.29, 1.82) is 0 Å². The van der Waals surface area contributed by atoms with Gasteiger partial charge in [0.1, 0.15) is 12.1 Å². The lowest BCUT2D eigenvalue weighted by Gasteiger charge is -2.09. The maximum Gasteiger partial charge on any atom is 0.159 e. The van der Waals surface area contributed by atoms with E-state index in [1.807, 2.05) is 13.8 Å². The highest BCUT2D eigenvalue weighted by molar-refractivity contribution is 5.58. The molecule has 0 spiro atoms. The van der Waals surface area contributed by atoms with Crippen LogP contribution in [0.2, 0.25) is 0 Å². The molecule has 2 rings (SSSR count). The molecule has 2 atom stereocenters. The van der Waals surface area contributed by atoms with Gasteiger partial charge in [-0.3, -0.25) is 0 Å². The van der Waals surface area contributed by atoms with E-state index in [9.17, 15) is 4.79 Å². The zero-order chi connectivity index (χ0) is 11.5. The monoisotopic (exact) mass is 220 g/mol. The number of hydrogen-bond donors (Lipinski definition) is 0. The van der Waals surface area contributed by atoms with E-state index in [2.05, 4.69) is 9.97 Å². The van der Waals surface area contributed by atoms with Gasteiger partial charge in [-0.25, -0.2) is 9.97 Å². The van der Waals surface area contributed by atoms with Crippen molar-refractivity contribution < 1.29 is 9.53 Å². The van der Waals surface area contributed by atoms with Crippen molar-refractivity contribution in [2.24, 2.45) is 11.8 Å². The minimum Gasteiger partial charge on any atom is -0.490 e. The van der Waals surface area contributed by atoms with Gasteiger partial charge in [0.2, 0.25) is 0 Å². The molecular formula is C12H16N2O2. The maximum atomic E-state index is 10.5. The number of carbonyl (C=O) groups excluding carboxylic acids is 1. The Labute approximate surface area is 95.1 Å². The molecule has 0 bridgehead atoms. The fraction of sp³-hybridized carbons (Fsp3) is 0.583. The van der Waals surface area contributed by atoms with E-state index >= 15 is 0 Å². The molecule has 86 valence electrons. The summed E-state index contributed by atoms with van der Waals surface area (Å²) in [4.78, 5) is 18.9. The molecule has 0 N–H and O–H groups in total. The van der Waals surface area contributed by atoms with Gasteiger partial charge in [-0.1, -0.05) is 6.92 Å². The van der Waals surface area contributed by atoms with E-state index in [0.29, 0.717) is 12.5 Å². The molecule has 1 saturated carbocycles. The van der Waals surface area contributed by atoms with E-state index in [-0.39, 0.29) is 5.92 Å². The van der Waals surface area contributed by atoms with Crippen molar-refractivity contribution in [3.8, 4) is 5.75 Å². The molecule has 1 aromatic rings. The number of aldehydes is 1. The van der Waals surface area contributed by atoms with Gasteiger partial charge in [0.05, 0.1) is 18.5 Å². The molecule has 1 fully saturated rings. The van der Waals surface area contributed by atoms with Crippen molar-refractivity contribution >= 4 is 6.29 Å². The summed E-state index contributed by atoms with van der Waals surface area (Å²) in [7, 11) is 0. The van der Waals surface area contributed by atoms with Crippen LogP contribution >= 0.6 is 0 Å². The third-order valence-corrected chi connectivity index (χ3v) is 2.89. The Hall–Kier alpha value is -1.45. The Morgan fingerprint density at radius 2 is 2.44 bits per heavy atom. The molecule has 1 aliphatic rings. The van der Waals surface area contributed by atoms with Gasteiger partial charge in [0.15, 0.2) is 5.75 Å². The molecule has 1 aromatic heterocycles. The number of nitrogens with zero attached hydrogens (tertiary/aromatic N) is 2. The highest BCUT2D eigenvalue weighted by Crippen LogP contribution is 2.36. The van der Waals surface area contributed by atoms with Crippen molar-refractivity contribution in [2.45, 2.75) is 26.7 Å². The van der Waals surface area contributed by atoms with E-state index in [1.54, 1.807) is 6.20 Å². The molecule has 0 radical (unpaired) electrons. The largest absolute Gasteiger partial charge is 0.490 e. The van der Waals surface area contributed by atoms with Crippen molar-refractivity contribution in [2.75, 3.05) is 6.61 Å². The minimum atomic E-state index is 0.205. The number of carbonyl (C=O) groups is 1. The first-order chi connectivity index (χ1) is 7.74. The van der Waals surface area contributed by atoms with E-state index in [0.717, 1.165) is 36.4 Å². The average Bonchev–Trinajstić information content (AvgIpc) is 3.06. The van der Waals surface area contributed by atoms with Gasteiger partial charge < -0.3 is 9.53 Å². The van der Waals surface area contributed by atoms with E-state index in [4.69, 9.17) is 4.74 Å². The lowest BCUT2D eigenvalue weighted by atomic mass is 10.3. The Bertz CT molecular complexity index is 393. The first-order valence-electron chi connectivity index (χ1n) is 5.65. The van der Waals surface area contributed by atoms with Gasteiger partial charge in [0, 0.05) is 11.8 Å². The zero-order valence-corrected chi connectivity index (χ0v) is 9.64. The van der Waals surface area contributed by atoms with Crippen molar-refractivity contribution in [1.82, 2.24) is 9.97 Å². The van der Waals surface area contributed by atoms with Gasteiger partial charge in [-0.2, -0.15) is 0 Å². The number of aromatic nitrogens is 2. The van der Waals surface area contributed by atoms with Crippen LogP contribution in [0.15, 0.2) is 6.20 Å². The van der Waals surface area contributed by atoms with Crippen LogP contribution in [0.5, 0.6) is 5.75 Å². The molecule has 0 amide bonds. The Balaban J connectivity index is 1.96. The second kappa shape index (κ2) is 4.60. The first-order valence-corrected chi connectivity index (χ1v) is 5.65. The SMILES string of the molecule is CCc1nc(C)ncc1OCC1CC1C=O. The molecule has 4 heteroatoms. The fourth-order valence-electron chi connectivity index (χ4n) is 1.71. The molecule has 1 aliphatic carbocycles. The molecular weight excluding hydrogens is 204 g/mol. The Morgan fingerprint density at radius 1 is 1.62 bits per heavy atom. The standard InChI is InChI=1S/C12H16N2O2/c1-3-11-12(5-13-8(2)14-11)16-7-10-4-9(10)6-15/h5-6,9-10H,3-4,7H2,1-2H3. The highest BCUT2D eigenvalue weighted by atomic mass is 16.5. The van der Waals surface area contributed by atoms with E-state index < -0.39 is 0 Å². The van der Waals surface area contributed by atoms with Gasteiger partial charge in [-0.15, -0.1) is 0 Å². The van der Waals surface area contributed by atoms with Crippen LogP contribution in [0.3, 0.4) is 0 Å². The number of ether oxygens (including phenoxy) is 1. The van der Waals surface area contributed by atoms with Crippen LogP contribution in [0.4, 0.5) is 0 Å². The summed E-state index contributed by atoms with van der Waals surface area (Å²) in [5.74, 6) is 2.12. The van der Waals surface area contributed by atoms with Crippen LogP contribution in [0, 0.1) is 18.8 Å². The second-order valence-corrected chi connectivity index (χ2v) is 4.19. The Morgan fingerprint density at radius 3 is 3.06 bits per heavy atom. The molecule has 4 nitrogen and oxygen atoms in total. The lowest BCUT2D eigenvalue weighted by Crippen LogP contribution is -2.06. The minimum absolute atomic E-state index is 0.205. The molecule has 2 unspecified atom stereocenters. The zero-order valence-electron chi connectivity index (χ0n) is 9.64. The van der Waals surface area contributed by atoms with Gasteiger partial charge in [-0.05, 0) is 19.8 Å². The highest BCUT2D eigenvalue weighted by Gasteiger charge is 2.37. The molecule has 1 heterocycles. The summed E-state index contributed by atoms with van der Waals surface area (Å²) >= 11 is 0. The van der Waals surface area contributed by atoms with Crippen LogP contribution in [0.1, 0.15) is 24.9 Å². The van der Waals surface area contributed by atoms with E-state index in [1.165, 1.54) is 0 Å². The number of rotatable bonds is 5. The number of hydrogen-bond acceptors (Lipinski definition) is 4. The normalized spacial score (nSPS) is 22.9. The third-order valence-electron chi connectivity index (χ3n) is 2.89. The summed E-state index contributed by atoms with van der Waals surface area (Å²) in [6.45, 7) is 4.51. The molecule has 0 saturated heterocycles. The Kier molecular flexibility index (Phi) is 3.17. The maximum absolute atomic E-state index is 10.5. The number of aryl methyl sites for hydroxylation is 2. The average molecular weight is 220 g/mol. The summed E-state index contributed by atoms with van der Waals surface area (Å²) in [6, 6.07) is 0. The van der Waals surface area contributed by atoms with Crippen LogP contribution in [-0.2, 0) is 11.2 Å². The van der Waals surface area contributed by atoms with Crippen LogP contribution in [0.25, 0.3) is 0 Å². The first kappa shape index (κ1) is 11.0. The van der Waals surface area contributed by atoms with Crippen molar-refractivity contribution in [3.63, 3.8) is 0 Å². The second-order valence-electron chi connectivity index (χ2n) is 4.19. The summed E-state index contributed by atoms with van der Waals surface area (Å²) in [5.41, 5.74) is 0.941. The summed E-state index contributed by atoms with van der Waals surface area (Å²) < 4.78 is 5.66. The predicted molar refractivity (Wildman–Crippen MR) is 59.3 cm³/mol. The topological polar surface area (TPSA) is 52.1 Å². The molecule has 16 heavy (non-hydrogen) atoms. The third kappa shape index (κ3) is 2.38. The van der Waals surface area contributed by atoms with Crippen molar-refractivity contribution in [3.05, 3.63) is 17.7 Å². The van der Waals surface area contributed by atoms with Gasteiger partial charge >= 0.3 is 0 Å². The fourth-order valence-corrected chi connectivity index (χ4v) is 1.71. The molecule has 0 aromatic carbocycles. The summed E-state index contributed by atoms with van der Waals surface area (Å²) in [5, 5.41) is 0. The lowest BCUT2D eigenvalue weighted by molar-refractivity contribution is -0.109. The smallest absolute Gasteiger partial charge is 0.159 e. The van der Waals surface area contributed by atoms with Crippen LogP contribution < -0.4 is 4.74 Å². The van der Waals surface area contributed by atoms with Gasteiger partial charge in [0.25, 0.3) is 0 Å². The predicted octanol–water partition coefficient (Wildman–Crippen LogP) is 1.56. The quantitative estimate of drug-likeness (QED) is 0.707. The molecule has 0 aliphatic heterocycles. The summed E-state index contributed by atoms with van der Waals surface area (Å²) in [6.07, 6.45) is 4.53.